The third kappa shape index (κ3) is 2.59. The van der Waals surface area contributed by atoms with Crippen LogP contribution in [0.4, 0.5) is 10.1 Å². The molecule has 0 atom stereocenters. The Morgan fingerprint density at radius 1 is 1.59 bits per heavy atom. The van der Waals surface area contributed by atoms with Gasteiger partial charge in [0.1, 0.15) is 5.41 Å². The number of nitrogens with zero attached hydrogens (tertiary/aromatic N) is 2. The van der Waals surface area contributed by atoms with E-state index in [-0.39, 0.29) is 5.69 Å². The van der Waals surface area contributed by atoms with Crippen LogP contribution < -0.4 is 5.32 Å². The van der Waals surface area contributed by atoms with Crippen LogP contribution in [0.2, 0.25) is 0 Å². The number of hydrogen-bond donors (Lipinski definition) is 1. The quantitative estimate of drug-likeness (QED) is 0.871. The topological polar surface area (TPSA) is 65.8 Å². The lowest BCUT2D eigenvalue weighted by molar-refractivity contribution is -0.123. The number of carbonyl (C=O) groups is 1. The van der Waals surface area contributed by atoms with E-state index < -0.39 is 17.1 Å². The highest BCUT2D eigenvalue weighted by atomic mass is 19.1. The molecular weight excluding hydrogens is 221 g/mol. The second kappa shape index (κ2) is 5.39. The van der Waals surface area contributed by atoms with Crippen LogP contribution in [0.25, 0.3) is 0 Å². The lowest BCUT2D eigenvalue weighted by Crippen LogP contribution is -2.34. The maximum absolute atomic E-state index is 13.3. The first-order chi connectivity index (χ1) is 8.09. The van der Waals surface area contributed by atoms with E-state index in [2.05, 4.69) is 10.3 Å². The largest absolute Gasteiger partial charge is 0.322 e. The Kier molecular flexibility index (Phi) is 4.16. The van der Waals surface area contributed by atoms with Gasteiger partial charge in [-0.1, -0.05) is 13.8 Å². The van der Waals surface area contributed by atoms with Crippen molar-refractivity contribution in [3.05, 3.63) is 24.3 Å². The van der Waals surface area contributed by atoms with Gasteiger partial charge in [-0.2, -0.15) is 5.26 Å². The van der Waals surface area contributed by atoms with Gasteiger partial charge < -0.3 is 5.32 Å². The average Bonchev–Trinajstić information content (AvgIpc) is 2.35. The molecule has 0 aliphatic carbocycles. The molecule has 1 amide bonds. The average molecular weight is 235 g/mol. The van der Waals surface area contributed by atoms with Crippen molar-refractivity contribution in [1.82, 2.24) is 4.98 Å². The summed E-state index contributed by atoms with van der Waals surface area (Å²) < 4.78 is 13.3. The highest BCUT2D eigenvalue weighted by Crippen LogP contribution is 2.27. The summed E-state index contributed by atoms with van der Waals surface area (Å²) in [7, 11) is 0. The summed E-state index contributed by atoms with van der Waals surface area (Å²) in [6.07, 6.45) is 3.17. The number of rotatable bonds is 4. The Balaban J connectivity index is 2.93. The van der Waals surface area contributed by atoms with E-state index in [0.29, 0.717) is 12.8 Å². The zero-order valence-corrected chi connectivity index (χ0v) is 9.83. The number of aromatic nitrogens is 1. The van der Waals surface area contributed by atoms with E-state index in [4.69, 9.17) is 5.26 Å². The molecule has 1 heterocycles. The first kappa shape index (κ1) is 13.1. The molecule has 0 spiro atoms. The van der Waals surface area contributed by atoms with Crippen molar-refractivity contribution in [1.29, 1.82) is 5.26 Å². The maximum atomic E-state index is 13.3. The molecule has 4 nitrogen and oxygen atoms in total. The van der Waals surface area contributed by atoms with E-state index in [1.165, 1.54) is 12.3 Å². The van der Waals surface area contributed by atoms with E-state index in [0.717, 1.165) is 6.20 Å². The Morgan fingerprint density at radius 3 is 2.71 bits per heavy atom. The molecule has 0 aromatic carbocycles. The van der Waals surface area contributed by atoms with Gasteiger partial charge in [0, 0.05) is 6.20 Å². The number of nitriles is 1. The molecule has 0 unspecified atom stereocenters. The van der Waals surface area contributed by atoms with Crippen LogP contribution in [0.5, 0.6) is 0 Å². The SMILES string of the molecule is CCC(C#N)(CC)C(=O)Nc1ccncc1F. The number of anilines is 1. The maximum Gasteiger partial charge on any atom is 0.244 e. The zero-order valence-electron chi connectivity index (χ0n) is 9.83. The van der Waals surface area contributed by atoms with E-state index in [9.17, 15) is 9.18 Å². The minimum Gasteiger partial charge on any atom is -0.322 e. The van der Waals surface area contributed by atoms with Crippen LogP contribution in [-0.2, 0) is 4.79 Å². The van der Waals surface area contributed by atoms with Gasteiger partial charge >= 0.3 is 0 Å². The van der Waals surface area contributed by atoms with Crippen LogP contribution in [0.15, 0.2) is 18.5 Å². The second-order valence-corrected chi connectivity index (χ2v) is 3.71. The monoisotopic (exact) mass is 235 g/mol. The van der Waals surface area contributed by atoms with E-state index in [1.54, 1.807) is 13.8 Å². The fraction of sp³-hybridized carbons (Fsp3) is 0.417. The van der Waals surface area contributed by atoms with Crippen molar-refractivity contribution in [2.75, 3.05) is 5.32 Å². The summed E-state index contributed by atoms with van der Waals surface area (Å²) in [4.78, 5) is 15.5. The first-order valence-electron chi connectivity index (χ1n) is 5.42. The van der Waals surface area contributed by atoms with Crippen LogP contribution >= 0.6 is 0 Å². The van der Waals surface area contributed by atoms with Crippen molar-refractivity contribution in [2.45, 2.75) is 26.7 Å². The minimum absolute atomic E-state index is 0.0477. The summed E-state index contributed by atoms with van der Waals surface area (Å²) in [6, 6.07) is 3.37. The van der Waals surface area contributed by atoms with Gasteiger partial charge in [0.05, 0.1) is 18.0 Å². The first-order valence-corrected chi connectivity index (χ1v) is 5.42. The highest BCUT2D eigenvalue weighted by molar-refractivity contribution is 5.97. The molecule has 90 valence electrons. The summed E-state index contributed by atoms with van der Waals surface area (Å²) >= 11 is 0. The fourth-order valence-corrected chi connectivity index (χ4v) is 1.50. The van der Waals surface area contributed by atoms with E-state index in [1.807, 2.05) is 6.07 Å². The molecule has 0 fully saturated rings. The molecule has 0 saturated carbocycles. The van der Waals surface area contributed by atoms with Crippen LogP contribution in [0.3, 0.4) is 0 Å². The van der Waals surface area contributed by atoms with Gasteiger partial charge in [-0.05, 0) is 18.9 Å². The highest BCUT2D eigenvalue weighted by Gasteiger charge is 2.35. The molecule has 5 heteroatoms. The van der Waals surface area contributed by atoms with Gasteiger partial charge in [-0.15, -0.1) is 0 Å². The molecule has 0 bridgehead atoms. The molecule has 0 radical (unpaired) electrons. The van der Waals surface area contributed by atoms with Crippen molar-refractivity contribution in [2.24, 2.45) is 5.41 Å². The van der Waals surface area contributed by atoms with Crippen molar-refractivity contribution in [3.63, 3.8) is 0 Å². The molecular formula is C12H14FN3O. The molecule has 1 aromatic rings. The molecule has 1 rings (SSSR count). The Hall–Kier alpha value is -1.96. The third-order valence-corrected chi connectivity index (χ3v) is 2.88. The number of hydrogen-bond acceptors (Lipinski definition) is 3. The van der Waals surface area contributed by atoms with E-state index >= 15 is 0 Å². The van der Waals surface area contributed by atoms with Gasteiger partial charge in [0.15, 0.2) is 5.82 Å². The lowest BCUT2D eigenvalue weighted by atomic mass is 9.83. The Bertz CT molecular complexity index is 449. The Morgan fingerprint density at radius 2 is 2.24 bits per heavy atom. The molecule has 1 aromatic heterocycles. The minimum atomic E-state index is -1.10. The van der Waals surface area contributed by atoms with Crippen molar-refractivity contribution in [3.8, 4) is 6.07 Å². The van der Waals surface area contributed by atoms with Crippen molar-refractivity contribution >= 4 is 11.6 Å². The summed E-state index contributed by atoms with van der Waals surface area (Å²) in [5.41, 5.74) is -1.05. The molecule has 0 saturated heterocycles. The fourth-order valence-electron chi connectivity index (χ4n) is 1.50. The standard InChI is InChI=1S/C12H14FN3O/c1-3-12(4-2,8-14)11(17)16-10-5-6-15-7-9(10)13/h5-7H,3-4H2,1-2H3,(H,15,16,17). The zero-order chi connectivity index (χ0) is 12.9. The summed E-state index contributed by atoms with van der Waals surface area (Å²) in [5, 5.41) is 11.5. The predicted octanol–water partition coefficient (Wildman–Crippen LogP) is 2.49. The van der Waals surface area contributed by atoms with Gasteiger partial charge in [-0.25, -0.2) is 4.39 Å². The second-order valence-electron chi connectivity index (χ2n) is 3.71. The van der Waals surface area contributed by atoms with Gasteiger partial charge in [0.2, 0.25) is 5.91 Å². The molecule has 0 aliphatic rings. The number of carbonyl (C=O) groups excluding carboxylic acids is 1. The summed E-state index contributed by atoms with van der Waals surface area (Å²) in [6.45, 7) is 3.52. The third-order valence-electron chi connectivity index (χ3n) is 2.88. The Labute approximate surface area is 99.5 Å². The normalized spacial score (nSPS) is 10.7. The summed E-state index contributed by atoms with van der Waals surface area (Å²) in [5.74, 6) is -1.09. The number of amides is 1. The molecule has 1 N–H and O–H groups in total. The lowest BCUT2D eigenvalue weighted by Gasteiger charge is -2.22. The van der Waals surface area contributed by atoms with Gasteiger partial charge in [-0.3, -0.25) is 9.78 Å². The molecule has 0 aliphatic heterocycles. The number of pyridine rings is 1. The van der Waals surface area contributed by atoms with Crippen molar-refractivity contribution < 1.29 is 9.18 Å². The van der Waals surface area contributed by atoms with Crippen LogP contribution in [0.1, 0.15) is 26.7 Å². The molecule has 17 heavy (non-hydrogen) atoms. The smallest absolute Gasteiger partial charge is 0.244 e. The number of halogens is 1. The van der Waals surface area contributed by atoms with Gasteiger partial charge in [0.25, 0.3) is 0 Å². The number of nitrogens with one attached hydrogen (secondary N) is 1. The van der Waals surface area contributed by atoms with Crippen LogP contribution in [-0.4, -0.2) is 10.9 Å². The van der Waals surface area contributed by atoms with Crippen LogP contribution in [0, 0.1) is 22.6 Å². The predicted molar refractivity (Wildman–Crippen MR) is 61.5 cm³/mol.